The highest BCUT2D eigenvalue weighted by Gasteiger charge is 2.12. The minimum Gasteiger partial charge on any atom is -0.399 e. The molecule has 0 aromatic heterocycles. The lowest BCUT2D eigenvalue weighted by Crippen LogP contribution is -2.23. The molecule has 94 valence electrons. The minimum atomic E-state index is -0.503. The number of rotatable bonds is 5. The van der Waals surface area contributed by atoms with E-state index in [1.807, 2.05) is 6.92 Å². The van der Waals surface area contributed by atoms with Crippen molar-refractivity contribution >= 4 is 17.3 Å². The maximum Gasteiger partial charge on any atom is 0.250 e. The number of aliphatic hydroxyl groups excluding tert-OH is 1. The molecule has 5 heteroatoms. The van der Waals surface area contributed by atoms with E-state index in [-0.39, 0.29) is 6.04 Å². The van der Waals surface area contributed by atoms with Crippen LogP contribution in [0.2, 0.25) is 0 Å². The van der Waals surface area contributed by atoms with Gasteiger partial charge >= 0.3 is 0 Å². The molecular formula is C12H19N3O2. The Balaban J connectivity index is 2.88. The summed E-state index contributed by atoms with van der Waals surface area (Å²) < 4.78 is 0. The predicted molar refractivity (Wildman–Crippen MR) is 68.8 cm³/mol. The first-order valence-corrected chi connectivity index (χ1v) is 5.54. The van der Waals surface area contributed by atoms with E-state index in [1.165, 1.54) is 0 Å². The summed E-state index contributed by atoms with van der Waals surface area (Å²) in [6.45, 7) is 3.63. The Morgan fingerprint density at radius 2 is 2.12 bits per heavy atom. The second-order valence-corrected chi connectivity index (χ2v) is 4.30. The maximum atomic E-state index is 11.2. The molecule has 2 atom stereocenters. The van der Waals surface area contributed by atoms with Crippen molar-refractivity contribution in [1.82, 2.24) is 0 Å². The summed E-state index contributed by atoms with van der Waals surface area (Å²) in [5.41, 5.74) is 12.5. The van der Waals surface area contributed by atoms with Gasteiger partial charge in [0.05, 0.1) is 11.7 Å². The molecular weight excluding hydrogens is 218 g/mol. The summed E-state index contributed by atoms with van der Waals surface area (Å²) in [7, 11) is 0. The maximum absolute atomic E-state index is 11.2. The summed E-state index contributed by atoms with van der Waals surface area (Å²) in [4.78, 5) is 11.2. The van der Waals surface area contributed by atoms with Crippen LogP contribution in [-0.4, -0.2) is 23.2 Å². The number of nitrogen functional groups attached to an aromatic ring is 1. The van der Waals surface area contributed by atoms with Crippen LogP contribution in [0, 0.1) is 0 Å². The van der Waals surface area contributed by atoms with E-state index in [0.29, 0.717) is 23.4 Å². The molecule has 17 heavy (non-hydrogen) atoms. The third-order valence-corrected chi connectivity index (χ3v) is 2.41. The number of hydrogen-bond donors (Lipinski definition) is 4. The highest BCUT2D eigenvalue weighted by Crippen LogP contribution is 2.20. The SMILES string of the molecule is CC(O)CC(C)Nc1cc(N)ccc1C(N)=O. The molecule has 1 aromatic carbocycles. The second kappa shape index (κ2) is 5.54. The molecule has 0 radical (unpaired) electrons. The zero-order valence-corrected chi connectivity index (χ0v) is 10.1. The Morgan fingerprint density at radius 1 is 1.47 bits per heavy atom. The van der Waals surface area contributed by atoms with Crippen LogP contribution >= 0.6 is 0 Å². The molecule has 0 aliphatic heterocycles. The fraction of sp³-hybridized carbons (Fsp3) is 0.417. The first kappa shape index (κ1) is 13.3. The van der Waals surface area contributed by atoms with Gasteiger partial charge in [0.2, 0.25) is 0 Å². The average molecular weight is 237 g/mol. The number of anilines is 2. The van der Waals surface area contributed by atoms with Crippen LogP contribution in [0.15, 0.2) is 18.2 Å². The van der Waals surface area contributed by atoms with Crippen LogP contribution in [0.3, 0.4) is 0 Å². The van der Waals surface area contributed by atoms with Crippen molar-refractivity contribution in [2.45, 2.75) is 32.4 Å². The fourth-order valence-corrected chi connectivity index (χ4v) is 1.73. The molecule has 0 saturated heterocycles. The normalized spacial score (nSPS) is 14.1. The Morgan fingerprint density at radius 3 is 2.65 bits per heavy atom. The van der Waals surface area contributed by atoms with Crippen LogP contribution in [-0.2, 0) is 0 Å². The van der Waals surface area contributed by atoms with Crippen molar-refractivity contribution < 1.29 is 9.90 Å². The van der Waals surface area contributed by atoms with Crippen molar-refractivity contribution in [3.05, 3.63) is 23.8 Å². The number of nitrogens with one attached hydrogen (secondary N) is 1. The van der Waals surface area contributed by atoms with Gasteiger partial charge in [-0.15, -0.1) is 0 Å². The van der Waals surface area contributed by atoms with Gasteiger partial charge in [0.1, 0.15) is 0 Å². The predicted octanol–water partition coefficient (Wildman–Crippen LogP) is 0.939. The van der Waals surface area contributed by atoms with Crippen LogP contribution < -0.4 is 16.8 Å². The lowest BCUT2D eigenvalue weighted by Gasteiger charge is -2.18. The highest BCUT2D eigenvalue weighted by atomic mass is 16.3. The average Bonchev–Trinajstić information content (AvgIpc) is 2.15. The Labute approximate surface area is 101 Å². The molecule has 0 spiro atoms. The molecule has 0 saturated carbocycles. The molecule has 1 amide bonds. The lowest BCUT2D eigenvalue weighted by molar-refractivity contribution is 0.100. The molecule has 2 unspecified atom stereocenters. The number of aliphatic hydroxyl groups is 1. The first-order chi connectivity index (χ1) is 7.90. The van der Waals surface area contributed by atoms with Gasteiger partial charge in [-0.25, -0.2) is 0 Å². The molecule has 5 nitrogen and oxygen atoms in total. The Kier molecular flexibility index (Phi) is 4.34. The van der Waals surface area contributed by atoms with Gasteiger partial charge in [-0.3, -0.25) is 4.79 Å². The first-order valence-electron chi connectivity index (χ1n) is 5.54. The molecule has 0 aliphatic rings. The van der Waals surface area contributed by atoms with E-state index >= 15 is 0 Å². The monoisotopic (exact) mass is 237 g/mol. The topological polar surface area (TPSA) is 101 Å². The molecule has 6 N–H and O–H groups in total. The Hall–Kier alpha value is -1.75. The van der Waals surface area contributed by atoms with E-state index in [4.69, 9.17) is 11.5 Å². The van der Waals surface area contributed by atoms with Crippen LogP contribution in [0.4, 0.5) is 11.4 Å². The number of nitrogens with two attached hydrogens (primary N) is 2. The van der Waals surface area contributed by atoms with Crippen molar-refractivity contribution in [3.8, 4) is 0 Å². The molecule has 0 bridgehead atoms. The number of carbonyl (C=O) groups excluding carboxylic acids is 1. The molecule has 0 heterocycles. The van der Waals surface area contributed by atoms with E-state index in [1.54, 1.807) is 25.1 Å². The molecule has 1 rings (SSSR count). The van der Waals surface area contributed by atoms with Gasteiger partial charge in [-0.1, -0.05) is 0 Å². The fourth-order valence-electron chi connectivity index (χ4n) is 1.73. The zero-order chi connectivity index (χ0) is 13.0. The van der Waals surface area contributed by atoms with Crippen molar-refractivity contribution in [2.24, 2.45) is 5.73 Å². The number of hydrogen-bond acceptors (Lipinski definition) is 4. The van der Waals surface area contributed by atoms with Gasteiger partial charge in [0.15, 0.2) is 0 Å². The third-order valence-electron chi connectivity index (χ3n) is 2.41. The van der Waals surface area contributed by atoms with Crippen molar-refractivity contribution in [2.75, 3.05) is 11.1 Å². The van der Waals surface area contributed by atoms with Crippen LogP contribution in [0.1, 0.15) is 30.6 Å². The second-order valence-electron chi connectivity index (χ2n) is 4.30. The quantitative estimate of drug-likeness (QED) is 0.572. The van der Waals surface area contributed by atoms with Gasteiger partial charge in [-0.2, -0.15) is 0 Å². The Bertz CT molecular complexity index is 405. The molecule has 0 aliphatic carbocycles. The van der Waals surface area contributed by atoms with Crippen molar-refractivity contribution in [1.29, 1.82) is 0 Å². The summed E-state index contributed by atoms with van der Waals surface area (Å²) in [6.07, 6.45) is 0.170. The molecule has 1 aromatic rings. The standard InChI is InChI=1S/C12H19N3O2/c1-7(5-8(2)16)15-11-6-9(13)3-4-10(11)12(14)17/h3-4,6-8,15-16H,5,13H2,1-2H3,(H2,14,17). The summed E-state index contributed by atoms with van der Waals surface area (Å²) in [5.74, 6) is -0.503. The number of carbonyl (C=O) groups is 1. The summed E-state index contributed by atoms with van der Waals surface area (Å²) in [6, 6.07) is 4.91. The number of benzene rings is 1. The van der Waals surface area contributed by atoms with E-state index in [2.05, 4.69) is 5.32 Å². The van der Waals surface area contributed by atoms with Gasteiger partial charge in [0.25, 0.3) is 5.91 Å². The number of primary amides is 1. The lowest BCUT2D eigenvalue weighted by atomic mass is 10.1. The van der Waals surface area contributed by atoms with Gasteiger partial charge in [-0.05, 0) is 38.5 Å². The largest absolute Gasteiger partial charge is 0.399 e. The van der Waals surface area contributed by atoms with Gasteiger partial charge < -0.3 is 21.9 Å². The van der Waals surface area contributed by atoms with Gasteiger partial charge in [0, 0.05) is 17.4 Å². The smallest absolute Gasteiger partial charge is 0.250 e. The number of amides is 1. The van der Waals surface area contributed by atoms with Crippen LogP contribution in [0.25, 0.3) is 0 Å². The van der Waals surface area contributed by atoms with E-state index in [9.17, 15) is 9.90 Å². The molecule has 0 fully saturated rings. The minimum absolute atomic E-state index is 0.0231. The summed E-state index contributed by atoms with van der Waals surface area (Å²) in [5, 5.41) is 12.4. The van der Waals surface area contributed by atoms with Crippen LogP contribution in [0.5, 0.6) is 0 Å². The third kappa shape index (κ3) is 3.96. The van der Waals surface area contributed by atoms with Crippen molar-refractivity contribution in [3.63, 3.8) is 0 Å². The zero-order valence-electron chi connectivity index (χ0n) is 10.1. The van der Waals surface area contributed by atoms with E-state index < -0.39 is 12.0 Å². The van der Waals surface area contributed by atoms with E-state index in [0.717, 1.165) is 0 Å². The summed E-state index contributed by atoms with van der Waals surface area (Å²) >= 11 is 0. The highest BCUT2D eigenvalue weighted by molar-refractivity contribution is 5.99.